The van der Waals surface area contributed by atoms with Crippen LogP contribution in [0.1, 0.15) is 40.0 Å². The van der Waals surface area contributed by atoms with Crippen molar-refractivity contribution in [2.75, 3.05) is 0 Å². The molecule has 0 heterocycles. The Bertz CT molecular complexity index is 423. The van der Waals surface area contributed by atoms with E-state index in [2.05, 4.69) is 19.9 Å². The van der Waals surface area contributed by atoms with Crippen molar-refractivity contribution < 1.29 is 4.79 Å². The van der Waals surface area contributed by atoms with Gasteiger partial charge >= 0.3 is 0 Å². The summed E-state index contributed by atoms with van der Waals surface area (Å²) in [6.07, 6.45) is 14.2. The molecule has 0 aromatic carbocycles. The van der Waals surface area contributed by atoms with Gasteiger partial charge in [-0.15, -0.1) is 0 Å². The van der Waals surface area contributed by atoms with Gasteiger partial charge in [0, 0.05) is 11.6 Å². The highest BCUT2D eigenvalue weighted by Crippen LogP contribution is 2.19. The number of hydrogen-bond acceptors (Lipinski definition) is 2. The highest BCUT2D eigenvalue weighted by molar-refractivity contribution is 6.08. The van der Waals surface area contributed by atoms with Gasteiger partial charge in [0.25, 0.3) is 0 Å². The van der Waals surface area contributed by atoms with Gasteiger partial charge in [0.1, 0.15) is 0 Å². The van der Waals surface area contributed by atoms with Crippen LogP contribution >= 0.6 is 0 Å². The molecule has 2 heteroatoms. The second kappa shape index (κ2) is 7.90. The molecule has 1 aliphatic carbocycles. The molecule has 0 aliphatic heterocycles. The molecule has 104 valence electrons. The van der Waals surface area contributed by atoms with E-state index < -0.39 is 0 Å². The number of carbonyl (C=O) groups is 1. The second-order valence-electron chi connectivity index (χ2n) is 5.49. The summed E-state index contributed by atoms with van der Waals surface area (Å²) >= 11 is 0. The first-order chi connectivity index (χ1) is 9.00. The molecule has 0 spiro atoms. The van der Waals surface area contributed by atoms with Crippen molar-refractivity contribution in [1.82, 2.24) is 0 Å². The molecule has 0 bridgehead atoms. The second-order valence-corrected chi connectivity index (χ2v) is 5.49. The Morgan fingerprint density at radius 1 is 1.32 bits per heavy atom. The fraction of sp³-hybridized carbons (Fsp3) is 0.471. The minimum Gasteiger partial charge on any atom is -0.328 e. The lowest BCUT2D eigenvalue weighted by molar-refractivity contribution is -0.112. The van der Waals surface area contributed by atoms with E-state index in [1.165, 1.54) is 0 Å². The van der Waals surface area contributed by atoms with Gasteiger partial charge in [-0.3, -0.25) is 4.79 Å². The number of Topliss-reactive ketones (excluding diaryl/α,β-unsaturated/α-hetero) is 1. The predicted octanol–water partition coefficient (Wildman–Crippen LogP) is 3.71. The van der Waals surface area contributed by atoms with Crippen molar-refractivity contribution in [3.63, 3.8) is 0 Å². The first-order valence-corrected chi connectivity index (χ1v) is 7.04. The minimum atomic E-state index is 0.131. The number of allylic oxidation sites excluding steroid dienone is 8. The molecule has 0 radical (unpaired) electrons. The third-order valence-electron chi connectivity index (χ3n) is 2.98. The quantitative estimate of drug-likeness (QED) is 0.739. The van der Waals surface area contributed by atoms with E-state index in [0.717, 1.165) is 24.0 Å². The summed E-state index contributed by atoms with van der Waals surface area (Å²) in [5.74, 6) is 0.551. The molecule has 19 heavy (non-hydrogen) atoms. The lowest BCUT2D eigenvalue weighted by atomic mass is 9.93. The number of hydrogen-bond donors (Lipinski definition) is 1. The number of nitrogens with two attached hydrogens (primary N) is 1. The summed E-state index contributed by atoms with van der Waals surface area (Å²) in [5, 5.41) is 0. The molecule has 0 unspecified atom stereocenters. The Balaban J connectivity index is 2.85. The molecule has 1 atom stereocenters. The molecule has 0 saturated carbocycles. The van der Waals surface area contributed by atoms with E-state index in [4.69, 9.17) is 5.73 Å². The van der Waals surface area contributed by atoms with Gasteiger partial charge in [0.05, 0.1) is 0 Å². The zero-order valence-corrected chi connectivity index (χ0v) is 12.2. The van der Waals surface area contributed by atoms with Crippen LogP contribution in [0.3, 0.4) is 0 Å². The van der Waals surface area contributed by atoms with Crippen molar-refractivity contribution >= 4 is 5.78 Å². The van der Waals surface area contributed by atoms with Crippen molar-refractivity contribution in [2.45, 2.75) is 46.1 Å². The number of rotatable bonds is 6. The summed E-state index contributed by atoms with van der Waals surface area (Å²) in [6.45, 7) is 6.18. The Hall–Kier alpha value is -1.41. The van der Waals surface area contributed by atoms with E-state index in [9.17, 15) is 4.79 Å². The molecule has 0 amide bonds. The Morgan fingerprint density at radius 2 is 2.05 bits per heavy atom. The van der Waals surface area contributed by atoms with Gasteiger partial charge in [-0.2, -0.15) is 0 Å². The molecule has 2 nitrogen and oxygen atoms in total. The van der Waals surface area contributed by atoms with E-state index >= 15 is 0 Å². The van der Waals surface area contributed by atoms with Gasteiger partial charge in [0.15, 0.2) is 5.78 Å². The summed E-state index contributed by atoms with van der Waals surface area (Å²) < 4.78 is 0. The SMILES string of the molecule is CC(C)/C=C(\CC[C@H](C)N)C(=O)C1=CC=CC=CC1. The molecule has 0 aromatic heterocycles. The zero-order chi connectivity index (χ0) is 14.3. The van der Waals surface area contributed by atoms with Crippen LogP contribution in [-0.2, 0) is 4.79 Å². The van der Waals surface area contributed by atoms with Crippen LogP contribution in [0.4, 0.5) is 0 Å². The molecule has 1 rings (SSSR count). The summed E-state index contributed by atoms with van der Waals surface area (Å²) in [6, 6.07) is 0.131. The molecule has 0 fully saturated rings. The summed E-state index contributed by atoms with van der Waals surface area (Å²) in [4.78, 5) is 12.6. The van der Waals surface area contributed by atoms with Crippen molar-refractivity contribution in [2.24, 2.45) is 11.7 Å². The maximum absolute atomic E-state index is 12.6. The third-order valence-corrected chi connectivity index (χ3v) is 2.98. The maximum Gasteiger partial charge on any atom is 0.184 e. The highest BCUT2D eigenvalue weighted by atomic mass is 16.1. The zero-order valence-electron chi connectivity index (χ0n) is 12.2. The fourth-order valence-corrected chi connectivity index (χ4v) is 2.01. The summed E-state index contributed by atoms with van der Waals surface area (Å²) in [7, 11) is 0. The Labute approximate surface area is 116 Å². The van der Waals surface area contributed by atoms with Crippen LogP contribution in [0.25, 0.3) is 0 Å². The average Bonchev–Trinajstić information content (AvgIpc) is 2.61. The Morgan fingerprint density at radius 3 is 2.68 bits per heavy atom. The predicted molar refractivity (Wildman–Crippen MR) is 81.8 cm³/mol. The Kier molecular flexibility index (Phi) is 6.51. The molecule has 0 aromatic rings. The van der Waals surface area contributed by atoms with Crippen LogP contribution in [0.15, 0.2) is 47.6 Å². The van der Waals surface area contributed by atoms with Gasteiger partial charge in [-0.1, -0.05) is 50.3 Å². The summed E-state index contributed by atoms with van der Waals surface area (Å²) in [5.41, 5.74) is 7.57. The molecule has 1 aliphatic rings. The van der Waals surface area contributed by atoms with Gasteiger partial charge < -0.3 is 5.73 Å². The van der Waals surface area contributed by atoms with Crippen molar-refractivity contribution in [3.05, 3.63) is 47.6 Å². The normalized spacial score (nSPS) is 17.3. The van der Waals surface area contributed by atoms with E-state index in [0.29, 0.717) is 12.3 Å². The van der Waals surface area contributed by atoms with E-state index in [-0.39, 0.29) is 11.8 Å². The number of carbonyl (C=O) groups excluding carboxylic acids is 1. The minimum absolute atomic E-state index is 0.131. The first-order valence-electron chi connectivity index (χ1n) is 7.04. The van der Waals surface area contributed by atoms with Crippen LogP contribution in [0, 0.1) is 5.92 Å². The van der Waals surface area contributed by atoms with Crippen LogP contribution < -0.4 is 5.73 Å². The molecule has 0 saturated heterocycles. The molecule has 2 N–H and O–H groups in total. The standard InChI is InChI=1S/C17H25NO/c1-13(2)12-16(11-10-14(3)18)17(19)15-8-6-4-5-7-9-15/h4-8,12-14H,9-11,18H2,1-3H3/b16-12+/t14-/m0/s1. The largest absolute Gasteiger partial charge is 0.328 e. The molecular weight excluding hydrogens is 234 g/mol. The third kappa shape index (κ3) is 5.84. The monoisotopic (exact) mass is 259 g/mol. The van der Waals surface area contributed by atoms with E-state index in [1.54, 1.807) is 0 Å². The lowest BCUT2D eigenvalue weighted by Gasteiger charge is -2.12. The molecular formula is C17H25NO. The van der Waals surface area contributed by atoms with Crippen molar-refractivity contribution in [1.29, 1.82) is 0 Å². The van der Waals surface area contributed by atoms with Crippen LogP contribution in [0.5, 0.6) is 0 Å². The van der Waals surface area contributed by atoms with Crippen LogP contribution in [-0.4, -0.2) is 11.8 Å². The smallest absolute Gasteiger partial charge is 0.184 e. The average molecular weight is 259 g/mol. The maximum atomic E-state index is 12.6. The fourth-order valence-electron chi connectivity index (χ4n) is 2.01. The van der Waals surface area contributed by atoms with Gasteiger partial charge in [0.2, 0.25) is 0 Å². The van der Waals surface area contributed by atoms with Gasteiger partial charge in [-0.25, -0.2) is 0 Å². The van der Waals surface area contributed by atoms with E-state index in [1.807, 2.05) is 37.3 Å². The lowest BCUT2D eigenvalue weighted by Crippen LogP contribution is -2.16. The van der Waals surface area contributed by atoms with Gasteiger partial charge in [-0.05, 0) is 37.7 Å². The van der Waals surface area contributed by atoms with Crippen molar-refractivity contribution in [3.8, 4) is 0 Å². The topological polar surface area (TPSA) is 43.1 Å². The number of ketones is 1. The highest BCUT2D eigenvalue weighted by Gasteiger charge is 2.15. The first kappa shape index (κ1) is 15.6. The van der Waals surface area contributed by atoms with Crippen LogP contribution in [0.2, 0.25) is 0 Å².